The number of hydrogen-bond donors (Lipinski definition) is 2. The lowest BCUT2D eigenvalue weighted by Crippen LogP contribution is -2.37. The molecule has 140 valence electrons. The Labute approximate surface area is 165 Å². The Kier molecular flexibility index (Phi) is 8.06. The highest BCUT2D eigenvalue weighted by atomic mass is 32.1. The number of rotatable bonds is 8. The Bertz CT molecular complexity index is 725. The highest BCUT2D eigenvalue weighted by Crippen LogP contribution is 2.30. The molecule has 0 aliphatic carbocycles. The topological polar surface area (TPSA) is 50.4 Å². The zero-order valence-corrected chi connectivity index (χ0v) is 17.1. The van der Waals surface area contributed by atoms with E-state index in [9.17, 15) is 4.79 Å². The van der Waals surface area contributed by atoms with Gasteiger partial charge in [-0.2, -0.15) is 0 Å². The fraction of sp³-hybridized carbons (Fsp3) is 0.400. The van der Waals surface area contributed by atoms with E-state index in [1.807, 2.05) is 31.2 Å². The summed E-state index contributed by atoms with van der Waals surface area (Å²) in [5.74, 6) is -0.323. The van der Waals surface area contributed by atoms with Crippen LogP contribution in [-0.4, -0.2) is 23.7 Å². The van der Waals surface area contributed by atoms with E-state index in [4.69, 9.17) is 17.0 Å². The van der Waals surface area contributed by atoms with Crippen LogP contribution in [0.25, 0.3) is 0 Å². The average molecular weight is 391 g/mol. The van der Waals surface area contributed by atoms with Gasteiger partial charge >= 0.3 is 5.97 Å². The third-order valence-electron chi connectivity index (χ3n) is 4.05. The van der Waals surface area contributed by atoms with Gasteiger partial charge in [0, 0.05) is 17.3 Å². The average Bonchev–Trinajstić information content (AvgIpc) is 3.03. The summed E-state index contributed by atoms with van der Waals surface area (Å²) in [7, 11) is 0. The summed E-state index contributed by atoms with van der Waals surface area (Å²) in [6.45, 7) is 6.40. The molecule has 1 heterocycles. The third kappa shape index (κ3) is 5.81. The van der Waals surface area contributed by atoms with Gasteiger partial charge in [-0.25, -0.2) is 4.79 Å². The molecule has 2 aromatic rings. The van der Waals surface area contributed by atoms with E-state index < -0.39 is 0 Å². The van der Waals surface area contributed by atoms with E-state index in [1.54, 1.807) is 0 Å². The van der Waals surface area contributed by atoms with Crippen molar-refractivity contribution in [2.45, 2.75) is 46.1 Å². The van der Waals surface area contributed by atoms with Gasteiger partial charge in [0.15, 0.2) is 5.11 Å². The highest BCUT2D eigenvalue weighted by molar-refractivity contribution is 7.80. The van der Waals surface area contributed by atoms with Crippen molar-refractivity contribution in [1.82, 2.24) is 5.32 Å². The molecule has 0 spiro atoms. The maximum Gasteiger partial charge on any atom is 0.341 e. The molecule has 6 heteroatoms. The lowest BCUT2D eigenvalue weighted by atomic mass is 10.1. The number of benzene rings is 1. The van der Waals surface area contributed by atoms with Crippen LogP contribution >= 0.6 is 23.6 Å². The Hall–Kier alpha value is -1.92. The number of thiophene rings is 1. The Morgan fingerprint density at radius 3 is 2.50 bits per heavy atom. The van der Waals surface area contributed by atoms with Crippen LogP contribution in [-0.2, 0) is 11.2 Å². The van der Waals surface area contributed by atoms with Gasteiger partial charge in [0.1, 0.15) is 5.00 Å². The zero-order valence-electron chi connectivity index (χ0n) is 15.5. The molecule has 4 nitrogen and oxygen atoms in total. The second-order valence-corrected chi connectivity index (χ2v) is 7.50. The van der Waals surface area contributed by atoms with Gasteiger partial charge in [0.2, 0.25) is 0 Å². The van der Waals surface area contributed by atoms with Crippen molar-refractivity contribution in [3.05, 3.63) is 52.4 Å². The molecule has 2 N–H and O–H groups in total. The summed E-state index contributed by atoms with van der Waals surface area (Å²) in [5, 5.41) is 7.76. The van der Waals surface area contributed by atoms with E-state index in [2.05, 4.69) is 36.6 Å². The fourth-order valence-electron chi connectivity index (χ4n) is 2.60. The fourth-order valence-corrected chi connectivity index (χ4v) is 4.01. The second kappa shape index (κ2) is 10.3. The van der Waals surface area contributed by atoms with Crippen molar-refractivity contribution in [3.63, 3.8) is 0 Å². The van der Waals surface area contributed by atoms with Crippen LogP contribution in [0.4, 0.5) is 5.00 Å². The standard InChI is InChI=1S/C20H26N2O2S2/c1-4-15(5-2)21-20(25)22-18-17(19(23)24-6-3)13-16(26-18)12-14-10-8-7-9-11-14/h7-11,13,15H,4-6,12H2,1-3H3,(H2,21,22,25). The zero-order chi connectivity index (χ0) is 18.9. The van der Waals surface area contributed by atoms with Gasteiger partial charge in [0.25, 0.3) is 0 Å². The lowest BCUT2D eigenvalue weighted by Gasteiger charge is -2.17. The van der Waals surface area contributed by atoms with Gasteiger partial charge < -0.3 is 15.4 Å². The van der Waals surface area contributed by atoms with E-state index in [0.717, 1.165) is 29.1 Å². The molecule has 0 saturated carbocycles. The number of hydrogen-bond acceptors (Lipinski definition) is 4. The van der Waals surface area contributed by atoms with E-state index in [0.29, 0.717) is 23.3 Å². The van der Waals surface area contributed by atoms with Crippen LogP contribution in [0.1, 0.15) is 54.4 Å². The molecule has 1 aromatic carbocycles. The van der Waals surface area contributed by atoms with Crippen molar-refractivity contribution < 1.29 is 9.53 Å². The van der Waals surface area contributed by atoms with Crippen LogP contribution < -0.4 is 10.6 Å². The number of nitrogens with one attached hydrogen (secondary N) is 2. The maximum absolute atomic E-state index is 12.3. The molecule has 0 bridgehead atoms. The molecule has 1 aromatic heterocycles. The molecule has 0 aliphatic heterocycles. The van der Waals surface area contributed by atoms with Crippen LogP contribution in [0, 0.1) is 0 Å². The minimum Gasteiger partial charge on any atom is -0.462 e. The summed E-state index contributed by atoms with van der Waals surface area (Å²) in [6.07, 6.45) is 2.76. The minimum atomic E-state index is -0.323. The van der Waals surface area contributed by atoms with Crippen LogP contribution in [0.5, 0.6) is 0 Å². The molecule has 0 saturated heterocycles. The first-order valence-corrected chi connectivity index (χ1v) is 10.2. The molecular formula is C20H26N2O2S2. The quantitative estimate of drug-likeness (QED) is 0.491. The Morgan fingerprint density at radius 1 is 1.19 bits per heavy atom. The maximum atomic E-state index is 12.3. The second-order valence-electron chi connectivity index (χ2n) is 5.95. The van der Waals surface area contributed by atoms with Crippen LogP contribution in [0.2, 0.25) is 0 Å². The third-order valence-corrected chi connectivity index (χ3v) is 5.32. The van der Waals surface area contributed by atoms with Crippen molar-refractivity contribution in [1.29, 1.82) is 0 Å². The number of ether oxygens (including phenoxy) is 1. The van der Waals surface area contributed by atoms with Crippen molar-refractivity contribution in [3.8, 4) is 0 Å². The smallest absolute Gasteiger partial charge is 0.341 e. The lowest BCUT2D eigenvalue weighted by molar-refractivity contribution is 0.0528. The number of carbonyl (C=O) groups excluding carboxylic acids is 1. The summed E-state index contributed by atoms with van der Waals surface area (Å²) in [6, 6.07) is 12.4. The van der Waals surface area contributed by atoms with E-state index in [-0.39, 0.29) is 5.97 Å². The molecule has 0 unspecified atom stereocenters. The van der Waals surface area contributed by atoms with Crippen molar-refractivity contribution in [2.75, 3.05) is 11.9 Å². The first-order valence-electron chi connectivity index (χ1n) is 8.98. The summed E-state index contributed by atoms with van der Waals surface area (Å²) in [4.78, 5) is 13.4. The van der Waals surface area contributed by atoms with E-state index >= 15 is 0 Å². The molecule has 0 atom stereocenters. The van der Waals surface area contributed by atoms with Crippen LogP contribution in [0.3, 0.4) is 0 Å². The largest absolute Gasteiger partial charge is 0.462 e. The predicted molar refractivity (Wildman–Crippen MR) is 113 cm³/mol. The molecule has 0 amide bonds. The molecule has 26 heavy (non-hydrogen) atoms. The van der Waals surface area contributed by atoms with Gasteiger partial charge in [-0.15, -0.1) is 11.3 Å². The predicted octanol–water partition coefficient (Wildman–Crippen LogP) is 4.99. The SMILES string of the molecule is CCOC(=O)c1cc(Cc2ccccc2)sc1NC(=S)NC(CC)CC. The van der Waals surface area contributed by atoms with E-state index in [1.165, 1.54) is 16.9 Å². The normalized spacial score (nSPS) is 10.6. The number of anilines is 1. The first kappa shape index (κ1) is 20.4. The number of esters is 1. The van der Waals surface area contributed by atoms with Gasteiger partial charge in [-0.05, 0) is 43.6 Å². The highest BCUT2D eigenvalue weighted by Gasteiger charge is 2.19. The summed E-state index contributed by atoms with van der Waals surface area (Å²) < 4.78 is 5.20. The Morgan fingerprint density at radius 2 is 1.88 bits per heavy atom. The summed E-state index contributed by atoms with van der Waals surface area (Å²) in [5.41, 5.74) is 1.74. The number of thiocarbonyl (C=S) groups is 1. The monoisotopic (exact) mass is 390 g/mol. The minimum absolute atomic E-state index is 0.323. The Balaban J connectivity index is 2.19. The van der Waals surface area contributed by atoms with Crippen LogP contribution in [0.15, 0.2) is 36.4 Å². The molecule has 0 aliphatic rings. The molecule has 0 radical (unpaired) electrons. The summed E-state index contributed by atoms with van der Waals surface area (Å²) >= 11 is 6.97. The van der Waals surface area contributed by atoms with Crippen molar-refractivity contribution in [2.24, 2.45) is 0 Å². The number of carbonyl (C=O) groups is 1. The first-order chi connectivity index (χ1) is 12.6. The molecule has 0 fully saturated rings. The molecule has 2 rings (SSSR count). The molecular weight excluding hydrogens is 364 g/mol. The van der Waals surface area contributed by atoms with Gasteiger partial charge in [0.05, 0.1) is 12.2 Å². The van der Waals surface area contributed by atoms with Crippen molar-refractivity contribution >= 4 is 39.6 Å². The van der Waals surface area contributed by atoms with Gasteiger partial charge in [-0.1, -0.05) is 44.2 Å². The van der Waals surface area contributed by atoms with Gasteiger partial charge in [-0.3, -0.25) is 0 Å².